The van der Waals surface area contributed by atoms with Crippen molar-refractivity contribution in [1.29, 1.82) is 0 Å². The first-order valence-electron chi connectivity index (χ1n) is 7.12. The molecule has 0 saturated heterocycles. The van der Waals surface area contributed by atoms with Gasteiger partial charge in [-0.3, -0.25) is 9.59 Å². The predicted octanol–water partition coefficient (Wildman–Crippen LogP) is 2.40. The summed E-state index contributed by atoms with van der Waals surface area (Å²) in [5.41, 5.74) is 3.20. The largest absolute Gasteiger partial charge is 0.481 e. The molecule has 0 aliphatic heterocycles. The number of carboxylic acid groups (broad SMARTS) is 1. The minimum atomic E-state index is -0.891. The lowest BCUT2D eigenvalue weighted by Gasteiger charge is -2.20. The number of carbonyl (C=O) groups is 2. The molecule has 1 aromatic rings. The van der Waals surface area contributed by atoms with Crippen LogP contribution in [-0.4, -0.2) is 23.0 Å². The van der Waals surface area contributed by atoms with E-state index in [1.54, 1.807) is 0 Å². The van der Waals surface area contributed by atoms with E-state index >= 15 is 0 Å². The number of fused-ring (bicyclic) bond motifs is 1. The SMILES string of the molecule is CC(C)C(CC(=O)O)NC(=O)c1ccc2c(c1)CCC2. The lowest BCUT2D eigenvalue weighted by atomic mass is 10.00. The van der Waals surface area contributed by atoms with E-state index in [0.29, 0.717) is 5.56 Å². The number of hydrogen-bond donors (Lipinski definition) is 2. The Morgan fingerprint density at radius 1 is 1.25 bits per heavy atom. The van der Waals surface area contributed by atoms with Crippen molar-refractivity contribution in [2.24, 2.45) is 5.92 Å². The molecule has 1 unspecified atom stereocenters. The summed E-state index contributed by atoms with van der Waals surface area (Å²) in [5.74, 6) is -0.984. The normalized spacial score (nSPS) is 14.9. The molecule has 0 spiro atoms. The van der Waals surface area contributed by atoms with Crippen LogP contribution in [0.4, 0.5) is 0 Å². The maximum absolute atomic E-state index is 12.2. The third kappa shape index (κ3) is 3.38. The Hall–Kier alpha value is -1.84. The van der Waals surface area contributed by atoms with Crippen molar-refractivity contribution in [3.8, 4) is 0 Å². The Bertz CT molecular complexity index is 522. The van der Waals surface area contributed by atoms with E-state index in [0.717, 1.165) is 19.3 Å². The van der Waals surface area contributed by atoms with Gasteiger partial charge >= 0.3 is 5.97 Å². The van der Waals surface area contributed by atoms with E-state index in [2.05, 4.69) is 5.32 Å². The highest BCUT2D eigenvalue weighted by Gasteiger charge is 2.21. The summed E-state index contributed by atoms with van der Waals surface area (Å²) >= 11 is 0. The van der Waals surface area contributed by atoms with Gasteiger partial charge in [-0.05, 0) is 48.4 Å². The van der Waals surface area contributed by atoms with Crippen molar-refractivity contribution >= 4 is 11.9 Å². The lowest BCUT2D eigenvalue weighted by molar-refractivity contribution is -0.137. The summed E-state index contributed by atoms with van der Waals surface area (Å²) in [6.07, 6.45) is 3.21. The van der Waals surface area contributed by atoms with Gasteiger partial charge < -0.3 is 10.4 Å². The second-order valence-corrected chi connectivity index (χ2v) is 5.76. The standard InChI is InChI=1S/C16H21NO3/c1-10(2)14(9-15(18)19)17-16(20)13-7-6-11-4-3-5-12(11)8-13/h6-8,10,14H,3-5,9H2,1-2H3,(H,17,20)(H,18,19). The van der Waals surface area contributed by atoms with E-state index in [-0.39, 0.29) is 24.3 Å². The molecule has 108 valence electrons. The Kier molecular flexibility index (Phi) is 4.42. The molecule has 2 rings (SSSR count). The van der Waals surface area contributed by atoms with E-state index < -0.39 is 5.97 Å². The first-order valence-corrected chi connectivity index (χ1v) is 7.12. The third-order valence-electron chi connectivity index (χ3n) is 3.88. The Morgan fingerprint density at radius 2 is 1.95 bits per heavy atom. The fourth-order valence-corrected chi connectivity index (χ4v) is 2.61. The van der Waals surface area contributed by atoms with E-state index in [1.165, 1.54) is 11.1 Å². The van der Waals surface area contributed by atoms with Crippen LogP contribution >= 0.6 is 0 Å². The molecule has 0 aromatic heterocycles. The quantitative estimate of drug-likeness (QED) is 0.867. The molecule has 2 N–H and O–H groups in total. The first kappa shape index (κ1) is 14.6. The molecule has 0 bridgehead atoms. The molecule has 1 atom stereocenters. The third-order valence-corrected chi connectivity index (χ3v) is 3.88. The second-order valence-electron chi connectivity index (χ2n) is 5.76. The van der Waals surface area contributed by atoms with Crippen LogP contribution in [0.5, 0.6) is 0 Å². The molecule has 4 heteroatoms. The zero-order valence-electron chi connectivity index (χ0n) is 12.0. The summed E-state index contributed by atoms with van der Waals surface area (Å²) in [7, 11) is 0. The number of rotatable bonds is 5. The van der Waals surface area contributed by atoms with Gasteiger partial charge in [0, 0.05) is 11.6 Å². The van der Waals surface area contributed by atoms with Crippen LogP contribution in [0.3, 0.4) is 0 Å². The van der Waals surface area contributed by atoms with E-state index in [9.17, 15) is 9.59 Å². The summed E-state index contributed by atoms with van der Waals surface area (Å²) in [6, 6.07) is 5.44. The van der Waals surface area contributed by atoms with Crippen LogP contribution in [-0.2, 0) is 17.6 Å². The molecule has 1 aliphatic carbocycles. The highest BCUT2D eigenvalue weighted by Crippen LogP contribution is 2.23. The van der Waals surface area contributed by atoms with Crippen molar-refractivity contribution in [2.45, 2.75) is 45.6 Å². The first-order chi connectivity index (χ1) is 9.47. The van der Waals surface area contributed by atoms with Gasteiger partial charge in [0.1, 0.15) is 0 Å². The summed E-state index contributed by atoms with van der Waals surface area (Å²) < 4.78 is 0. The minimum absolute atomic E-state index is 0.0473. The highest BCUT2D eigenvalue weighted by atomic mass is 16.4. The fraction of sp³-hybridized carbons (Fsp3) is 0.500. The summed E-state index contributed by atoms with van der Waals surface area (Å²) in [4.78, 5) is 23.1. The topological polar surface area (TPSA) is 66.4 Å². The molecular weight excluding hydrogens is 254 g/mol. The lowest BCUT2D eigenvalue weighted by Crippen LogP contribution is -2.40. The van der Waals surface area contributed by atoms with Crippen molar-refractivity contribution in [3.05, 3.63) is 34.9 Å². The number of aliphatic carboxylic acids is 1. The Morgan fingerprint density at radius 3 is 2.60 bits per heavy atom. The summed E-state index contributed by atoms with van der Waals surface area (Å²) in [6.45, 7) is 3.83. The zero-order chi connectivity index (χ0) is 14.7. The fourth-order valence-electron chi connectivity index (χ4n) is 2.61. The smallest absolute Gasteiger partial charge is 0.305 e. The molecule has 1 aromatic carbocycles. The number of hydrogen-bond acceptors (Lipinski definition) is 2. The Balaban J connectivity index is 2.08. The van der Waals surface area contributed by atoms with E-state index in [4.69, 9.17) is 5.11 Å². The summed E-state index contributed by atoms with van der Waals surface area (Å²) in [5, 5.41) is 11.7. The molecule has 0 heterocycles. The number of amides is 1. The molecule has 20 heavy (non-hydrogen) atoms. The predicted molar refractivity (Wildman–Crippen MR) is 76.8 cm³/mol. The van der Waals surface area contributed by atoms with Crippen LogP contribution in [0, 0.1) is 5.92 Å². The zero-order valence-corrected chi connectivity index (χ0v) is 12.0. The molecule has 1 amide bonds. The van der Waals surface area contributed by atoms with Crippen LogP contribution in [0.15, 0.2) is 18.2 Å². The van der Waals surface area contributed by atoms with Gasteiger partial charge in [-0.25, -0.2) is 0 Å². The van der Waals surface area contributed by atoms with Crippen molar-refractivity contribution in [2.75, 3.05) is 0 Å². The number of benzene rings is 1. The molecule has 0 saturated carbocycles. The molecule has 0 radical (unpaired) electrons. The van der Waals surface area contributed by atoms with Crippen LogP contribution in [0.1, 0.15) is 48.2 Å². The minimum Gasteiger partial charge on any atom is -0.481 e. The van der Waals surface area contributed by atoms with Gasteiger partial charge in [-0.15, -0.1) is 0 Å². The molecular formula is C16H21NO3. The number of aryl methyl sites for hydroxylation is 2. The van der Waals surface area contributed by atoms with Gasteiger partial charge in [0.2, 0.25) is 0 Å². The van der Waals surface area contributed by atoms with Gasteiger partial charge in [0.15, 0.2) is 0 Å². The van der Waals surface area contributed by atoms with Crippen molar-refractivity contribution < 1.29 is 14.7 Å². The average Bonchev–Trinajstić information content (AvgIpc) is 2.84. The molecule has 4 nitrogen and oxygen atoms in total. The number of nitrogens with one attached hydrogen (secondary N) is 1. The van der Waals surface area contributed by atoms with Gasteiger partial charge in [0.25, 0.3) is 5.91 Å². The molecule has 0 fully saturated rings. The number of carbonyl (C=O) groups excluding carboxylic acids is 1. The van der Waals surface area contributed by atoms with Gasteiger partial charge in [-0.2, -0.15) is 0 Å². The van der Waals surface area contributed by atoms with Crippen molar-refractivity contribution in [3.63, 3.8) is 0 Å². The van der Waals surface area contributed by atoms with Gasteiger partial charge in [-0.1, -0.05) is 19.9 Å². The maximum Gasteiger partial charge on any atom is 0.305 e. The second kappa shape index (κ2) is 6.07. The van der Waals surface area contributed by atoms with Crippen LogP contribution in [0.2, 0.25) is 0 Å². The van der Waals surface area contributed by atoms with Gasteiger partial charge in [0.05, 0.1) is 6.42 Å². The number of carboxylic acids is 1. The van der Waals surface area contributed by atoms with Crippen LogP contribution in [0.25, 0.3) is 0 Å². The average molecular weight is 275 g/mol. The molecule has 1 aliphatic rings. The maximum atomic E-state index is 12.2. The van der Waals surface area contributed by atoms with Crippen LogP contribution < -0.4 is 5.32 Å². The van der Waals surface area contributed by atoms with E-state index in [1.807, 2.05) is 32.0 Å². The Labute approximate surface area is 119 Å². The highest BCUT2D eigenvalue weighted by molar-refractivity contribution is 5.95. The van der Waals surface area contributed by atoms with Crippen molar-refractivity contribution in [1.82, 2.24) is 5.32 Å². The monoisotopic (exact) mass is 275 g/mol.